The van der Waals surface area contributed by atoms with Crippen molar-refractivity contribution in [3.8, 4) is 5.75 Å². The fourth-order valence-electron chi connectivity index (χ4n) is 0.970. The summed E-state index contributed by atoms with van der Waals surface area (Å²) >= 11 is 1.41. The summed E-state index contributed by atoms with van der Waals surface area (Å²) in [5, 5.41) is 11.9. The van der Waals surface area contributed by atoms with E-state index in [0.717, 1.165) is 4.90 Å². The lowest BCUT2D eigenvalue weighted by Crippen LogP contribution is -2.24. The molecule has 0 fully saturated rings. The Balaban J connectivity index is 2.41. The molecule has 0 saturated heterocycles. The second kappa shape index (κ2) is 5.54. The summed E-state index contributed by atoms with van der Waals surface area (Å²) in [6.07, 6.45) is 0. The third-order valence-corrected chi connectivity index (χ3v) is 2.56. The van der Waals surface area contributed by atoms with Gasteiger partial charge in [0.15, 0.2) is 0 Å². The number of amides is 1. The van der Waals surface area contributed by atoms with Gasteiger partial charge in [-0.1, -0.05) is 6.07 Å². The monoisotopic (exact) mass is 211 g/mol. The molecule has 0 aliphatic carbocycles. The quantitative estimate of drug-likeness (QED) is 0.744. The number of hydrogen-bond donors (Lipinski definition) is 2. The lowest BCUT2D eigenvalue weighted by Gasteiger charge is -2.02. The van der Waals surface area contributed by atoms with Crippen LogP contribution in [0.5, 0.6) is 5.75 Å². The largest absolute Gasteiger partial charge is 0.508 e. The van der Waals surface area contributed by atoms with Crippen molar-refractivity contribution in [3.63, 3.8) is 0 Å². The van der Waals surface area contributed by atoms with Crippen LogP contribution in [0.3, 0.4) is 0 Å². The Morgan fingerprint density at radius 2 is 2.36 bits per heavy atom. The van der Waals surface area contributed by atoms with Gasteiger partial charge in [-0.25, -0.2) is 0 Å². The Kier molecular flexibility index (Phi) is 4.32. The van der Waals surface area contributed by atoms with Gasteiger partial charge in [-0.05, 0) is 25.1 Å². The van der Waals surface area contributed by atoms with Crippen LogP contribution in [0.2, 0.25) is 0 Å². The fraction of sp³-hybridized carbons (Fsp3) is 0.300. The van der Waals surface area contributed by atoms with E-state index in [1.54, 1.807) is 18.2 Å². The van der Waals surface area contributed by atoms with Crippen LogP contribution in [0.15, 0.2) is 29.2 Å². The number of carbonyl (C=O) groups is 1. The van der Waals surface area contributed by atoms with E-state index in [9.17, 15) is 4.79 Å². The van der Waals surface area contributed by atoms with Crippen molar-refractivity contribution in [3.05, 3.63) is 24.3 Å². The van der Waals surface area contributed by atoms with Gasteiger partial charge in [-0.3, -0.25) is 4.79 Å². The summed E-state index contributed by atoms with van der Waals surface area (Å²) in [4.78, 5) is 12.0. The van der Waals surface area contributed by atoms with E-state index in [2.05, 4.69) is 5.32 Å². The third kappa shape index (κ3) is 3.70. The van der Waals surface area contributed by atoms with Crippen LogP contribution in [0.1, 0.15) is 6.92 Å². The number of phenolic OH excluding ortho intramolecular Hbond substituents is 1. The average molecular weight is 211 g/mol. The van der Waals surface area contributed by atoms with Gasteiger partial charge in [0.2, 0.25) is 5.91 Å². The lowest BCUT2D eigenvalue weighted by atomic mass is 10.3. The summed E-state index contributed by atoms with van der Waals surface area (Å²) in [6.45, 7) is 2.54. The zero-order valence-electron chi connectivity index (χ0n) is 7.99. The predicted molar refractivity (Wildman–Crippen MR) is 57.5 cm³/mol. The van der Waals surface area contributed by atoms with Gasteiger partial charge < -0.3 is 10.4 Å². The molecule has 2 N–H and O–H groups in total. The Morgan fingerprint density at radius 3 is 3.00 bits per heavy atom. The zero-order valence-corrected chi connectivity index (χ0v) is 8.80. The highest BCUT2D eigenvalue weighted by atomic mass is 32.2. The molecule has 4 heteroatoms. The SMILES string of the molecule is CCNC(=O)CSc1cccc(O)c1. The van der Waals surface area contributed by atoms with Gasteiger partial charge in [0.05, 0.1) is 5.75 Å². The van der Waals surface area contributed by atoms with Crippen LogP contribution in [0.25, 0.3) is 0 Å². The van der Waals surface area contributed by atoms with Crippen LogP contribution < -0.4 is 5.32 Å². The molecule has 14 heavy (non-hydrogen) atoms. The second-order valence-electron chi connectivity index (χ2n) is 2.74. The van der Waals surface area contributed by atoms with E-state index in [0.29, 0.717) is 12.3 Å². The van der Waals surface area contributed by atoms with E-state index >= 15 is 0 Å². The first kappa shape index (κ1) is 10.9. The highest BCUT2D eigenvalue weighted by molar-refractivity contribution is 8.00. The Hall–Kier alpha value is -1.16. The molecule has 0 bridgehead atoms. The molecule has 1 rings (SSSR count). The molecular weight excluding hydrogens is 198 g/mol. The summed E-state index contributed by atoms with van der Waals surface area (Å²) in [7, 11) is 0. The standard InChI is InChI=1S/C10H13NO2S/c1-2-11-10(13)7-14-9-5-3-4-8(12)6-9/h3-6,12H,2,7H2,1H3,(H,11,13). The smallest absolute Gasteiger partial charge is 0.230 e. The van der Waals surface area contributed by atoms with Crippen molar-refractivity contribution in [2.24, 2.45) is 0 Å². The van der Waals surface area contributed by atoms with Crippen LogP contribution in [0.4, 0.5) is 0 Å². The van der Waals surface area contributed by atoms with Crippen LogP contribution in [0, 0.1) is 0 Å². The topological polar surface area (TPSA) is 49.3 Å². The molecule has 0 aromatic heterocycles. The van der Waals surface area contributed by atoms with Crippen molar-refractivity contribution in [2.75, 3.05) is 12.3 Å². The molecular formula is C10H13NO2S. The number of nitrogens with one attached hydrogen (secondary N) is 1. The molecule has 0 spiro atoms. The van der Waals surface area contributed by atoms with Crippen molar-refractivity contribution in [2.45, 2.75) is 11.8 Å². The van der Waals surface area contributed by atoms with Crippen molar-refractivity contribution >= 4 is 17.7 Å². The molecule has 1 amide bonds. The number of carbonyl (C=O) groups excluding carboxylic acids is 1. The van der Waals surface area contributed by atoms with Crippen molar-refractivity contribution < 1.29 is 9.90 Å². The molecule has 1 aromatic rings. The molecule has 0 heterocycles. The van der Waals surface area contributed by atoms with E-state index in [-0.39, 0.29) is 11.7 Å². The molecule has 1 aromatic carbocycles. The maximum atomic E-state index is 11.1. The summed E-state index contributed by atoms with van der Waals surface area (Å²) in [5.41, 5.74) is 0. The van der Waals surface area contributed by atoms with Crippen LogP contribution in [-0.2, 0) is 4.79 Å². The Bertz CT molecular complexity index is 315. The van der Waals surface area contributed by atoms with Crippen molar-refractivity contribution in [1.82, 2.24) is 5.32 Å². The number of thioether (sulfide) groups is 1. The average Bonchev–Trinajstić information content (AvgIpc) is 2.15. The van der Waals surface area contributed by atoms with Gasteiger partial charge in [-0.2, -0.15) is 0 Å². The number of phenols is 1. The normalized spacial score (nSPS) is 9.79. The first-order chi connectivity index (χ1) is 6.72. The molecule has 0 radical (unpaired) electrons. The van der Waals surface area contributed by atoms with E-state index < -0.39 is 0 Å². The van der Waals surface area contributed by atoms with Crippen molar-refractivity contribution in [1.29, 1.82) is 0 Å². The maximum Gasteiger partial charge on any atom is 0.230 e. The molecule has 76 valence electrons. The molecule has 3 nitrogen and oxygen atoms in total. The number of aromatic hydroxyl groups is 1. The maximum absolute atomic E-state index is 11.1. The van der Waals surface area contributed by atoms with Crippen LogP contribution >= 0.6 is 11.8 Å². The molecule has 0 aliphatic heterocycles. The van der Waals surface area contributed by atoms with Gasteiger partial charge in [-0.15, -0.1) is 11.8 Å². The minimum absolute atomic E-state index is 0.0147. The summed E-state index contributed by atoms with van der Waals surface area (Å²) < 4.78 is 0. The second-order valence-corrected chi connectivity index (χ2v) is 3.79. The zero-order chi connectivity index (χ0) is 10.4. The van der Waals surface area contributed by atoms with Gasteiger partial charge in [0.1, 0.15) is 5.75 Å². The molecule has 0 saturated carbocycles. The van der Waals surface area contributed by atoms with E-state index in [1.807, 2.05) is 13.0 Å². The molecule has 0 aliphatic rings. The summed E-state index contributed by atoms with van der Waals surface area (Å²) in [6, 6.07) is 6.87. The number of hydrogen-bond acceptors (Lipinski definition) is 3. The highest BCUT2D eigenvalue weighted by Crippen LogP contribution is 2.21. The lowest BCUT2D eigenvalue weighted by molar-refractivity contribution is -0.118. The minimum Gasteiger partial charge on any atom is -0.508 e. The van der Waals surface area contributed by atoms with Gasteiger partial charge >= 0.3 is 0 Å². The third-order valence-electron chi connectivity index (χ3n) is 1.56. The van der Waals surface area contributed by atoms with E-state index in [1.165, 1.54) is 11.8 Å². The first-order valence-electron chi connectivity index (χ1n) is 4.41. The predicted octanol–water partition coefficient (Wildman–Crippen LogP) is 1.62. The Morgan fingerprint density at radius 1 is 1.57 bits per heavy atom. The summed E-state index contributed by atoms with van der Waals surface area (Å²) in [5.74, 6) is 0.629. The Labute approximate surface area is 87.5 Å². The minimum atomic E-state index is 0.0147. The first-order valence-corrected chi connectivity index (χ1v) is 5.39. The number of benzene rings is 1. The van der Waals surface area contributed by atoms with Crippen LogP contribution in [-0.4, -0.2) is 23.3 Å². The highest BCUT2D eigenvalue weighted by Gasteiger charge is 2.01. The number of rotatable bonds is 4. The molecule has 0 unspecified atom stereocenters. The van der Waals surface area contributed by atoms with Gasteiger partial charge in [0.25, 0.3) is 0 Å². The molecule has 0 atom stereocenters. The van der Waals surface area contributed by atoms with Gasteiger partial charge in [0, 0.05) is 11.4 Å². The fourth-order valence-corrected chi connectivity index (χ4v) is 1.75. The van der Waals surface area contributed by atoms with E-state index in [4.69, 9.17) is 5.11 Å².